The Balaban J connectivity index is 1.86. The van der Waals surface area contributed by atoms with E-state index < -0.39 is 0 Å². The Hall–Kier alpha value is -2.75. The fraction of sp³-hybridized carbons (Fsp3) is 0.0625. The number of benzene rings is 1. The Morgan fingerprint density at radius 2 is 1.95 bits per heavy atom. The van der Waals surface area contributed by atoms with E-state index in [9.17, 15) is 4.79 Å². The van der Waals surface area contributed by atoms with E-state index >= 15 is 0 Å². The normalized spacial score (nSPS) is 10.4. The largest absolute Gasteiger partial charge is 0.307 e. The van der Waals surface area contributed by atoms with Gasteiger partial charge in [0.2, 0.25) is 0 Å². The number of anilines is 1. The van der Waals surface area contributed by atoms with Crippen molar-refractivity contribution in [2.24, 2.45) is 0 Å². The summed E-state index contributed by atoms with van der Waals surface area (Å²) in [6.45, 7) is 1.95. The van der Waals surface area contributed by atoms with E-state index in [-0.39, 0.29) is 5.91 Å². The number of hydrogen-bond donors (Lipinski definition) is 1. The molecular weight excluding hydrogens is 250 g/mol. The van der Waals surface area contributed by atoms with Crippen LogP contribution in [0.25, 0.3) is 10.8 Å². The average molecular weight is 263 g/mol. The number of aromatic nitrogens is 2. The number of hydrogen-bond acceptors (Lipinski definition) is 3. The van der Waals surface area contributed by atoms with Crippen molar-refractivity contribution < 1.29 is 4.79 Å². The smallest absolute Gasteiger partial charge is 0.256 e. The van der Waals surface area contributed by atoms with Crippen LogP contribution in [0.1, 0.15) is 15.9 Å². The molecule has 0 spiro atoms. The summed E-state index contributed by atoms with van der Waals surface area (Å²) >= 11 is 0. The molecule has 0 radical (unpaired) electrons. The van der Waals surface area contributed by atoms with Crippen molar-refractivity contribution in [2.75, 3.05) is 5.32 Å². The number of rotatable bonds is 2. The lowest BCUT2D eigenvalue weighted by Crippen LogP contribution is -2.12. The molecule has 0 bridgehead atoms. The number of aryl methyl sites for hydroxylation is 1. The molecule has 0 fully saturated rings. The maximum Gasteiger partial charge on any atom is 0.256 e. The van der Waals surface area contributed by atoms with E-state index in [1.807, 2.05) is 31.2 Å². The number of carbonyl (C=O) groups excluding carboxylic acids is 1. The molecule has 1 amide bonds. The molecule has 0 saturated carbocycles. The summed E-state index contributed by atoms with van der Waals surface area (Å²) in [5.74, 6) is 0.385. The summed E-state index contributed by atoms with van der Waals surface area (Å²) in [6.07, 6.45) is 5.21. The number of carbonyl (C=O) groups is 1. The van der Waals surface area contributed by atoms with Crippen LogP contribution in [0.15, 0.2) is 55.0 Å². The molecule has 3 rings (SSSR count). The lowest BCUT2D eigenvalue weighted by Gasteiger charge is -2.05. The van der Waals surface area contributed by atoms with Crippen LogP contribution in [0, 0.1) is 6.92 Å². The highest BCUT2D eigenvalue weighted by atomic mass is 16.1. The van der Waals surface area contributed by atoms with Gasteiger partial charge >= 0.3 is 0 Å². The summed E-state index contributed by atoms with van der Waals surface area (Å²) in [5.41, 5.74) is 1.66. The minimum Gasteiger partial charge on any atom is -0.307 e. The second-order valence-corrected chi connectivity index (χ2v) is 4.61. The molecule has 0 aliphatic rings. The third kappa shape index (κ3) is 2.49. The molecule has 1 N–H and O–H groups in total. The number of nitrogens with zero attached hydrogens (tertiary/aromatic N) is 2. The molecule has 1 aromatic carbocycles. The zero-order valence-electron chi connectivity index (χ0n) is 11.0. The van der Waals surface area contributed by atoms with Crippen molar-refractivity contribution in [1.82, 2.24) is 9.97 Å². The third-order valence-corrected chi connectivity index (χ3v) is 3.06. The van der Waals surface area contributed by atoms with Crippen LogP contribution < -0.4 is 5.32 Å². The van der Waals surface area contributed by atoms with Crippen molar-refractivity contribution in [1.29, 1.82) is 0 Å². The van der Waals surface area contributed by atoms with Crippen LogP contribution in [0.5, 0.6) is 0 Å². The molecule has 4 nitrogen and oxygen atoms in total. The molecule has 4 heteroatoms. The SMILES string of the molecule is Cc1ccc(NC(=O)c2ccc3cnccc3c2)nc1. The van der Waals surface area contributed by atoms with E-state index in [0.717, 1.165) is 16.3 Å². The van der Waals surface area contributed by atoms with Gasteiger partial charge in [0, 0.05) is 29.5 Å². The van der Waals surface area contributed by atoms with E-state index in [2.05, 4.69) is 15.3 Å². The zero-order valence-corrected chi connectivity index (χ0v) is 11.0. The zero-order chi connectivity index (χ0) is 13.9. The number of fused-ring (bicyclic) bond motifs is 1. The molecule has 2 aromatic heterocycles. The fourth-order valence-electron chi connectivity index (χ4n) is 1.95. The first-order valence-electron chi connectivity index (χ1n) is 6.30. The lowest BCUT2D eigenvalue weighted by molar-refractivity contribution is 0.102. The topological polar surface area (TPSA) is 54.9 Å². The fourth-order valence-corrected chi connectivity index (χ4v) is 1.95. The molecule has 98 valence electrons. The predicted molar refractivity (Wildman–Crippen MR) is 78.7 cm³/mol. The quantitative estimate of drug-likeness (QED) is 0.772. The van der Waals surface area contributed by atoms with Crippen LogP contribution in [0.4, 0.5) is 5.82 Å². The van der Waals surface area contributed by atoms with Crippen molar-refractivity contribution in [3.8, 4) is 0 Å². The highest BCUT2D eigenvalue weighted by molar-refractivity contribution is 6.05. The summed E-state index contributed by atoms with van der Waals surface area (Å²) in [6, 6.07) is 11.1. The Morgan fingerprint density at radius 3 is 2.75 bits per heavy atom. The van der Waals surface area contributed by atoms with E-state index in [1.54, 1.807) is 30.7 Å². The number of nitrogens with one attached hydrogen (secondary N) is 1. The molecule has 0 aliphatic carbocycles. The van der Waals surface area contributed by atoms with Gasteiger partial charge in [-0.3, -0.25) is 9.78 Å². The summed E-state index contributed by atoms with van der Waals surface area (Å²) < 4.78 is 0. The third-order valence-electron chi connectivity index (χ3n) is 3.06. The van der Waals surface area contributed by atoms with Gasteiger partial charge in [0.1, 0.15) is 5.82 Å². The Morgan fingerprint density at radius 1 is 1.05 bits per heavy atom. The Labute approximate surface area is 116 Å². The second-order valence-electron chi connectivity index (χ2n) is 4.61. The molecule has 0 aliphatic heterocycles. The van der Waals surface area contributed by atoms with Crippen LogP contribution in [-0.2, 0) is 0 Å². The van der Waals surface area contributed by atoms with Gasteiger partial charge in [0.05, 0.1) is 0 Å². The lowest BCUT2D eigenvalue weighted by atomic mass is 10.1. The van der Waals surface area contributed by atoms with Crippen molar-refractivity contribution in [2.45, 2.75) is 6.92 Å². The molecule has 0 saturated heterocycles. The van der Waals surface area contributed by atoms with Gasteiger partial charge in [-0.2, -0.15) is 0 Å². The minimum absolute atomic E-state index is 0.167. The van der Waals surface area contributed by atoms with Gasteiger partial charge in [-0.25, -0.2) is 4.98 Å². The molecule has 2 heterocycles. The molecule has 0 unspecified atom stereocenters. The van der Waals surface area contributed by atoms with Crippen LogP contribution in [0.3, 0.4) is 0 Å². The van der Waals surface area contributed by atoms with E-state index in [4.69, 9.17) is 0 Å². The summed E-state index contributed by atoms with van der Waals surface area (Å²) in [5, 5.41) is 4.79. The monoisotopic (exact) mass is 263 g/mol. The highest BCUT2D eigenvalue weighted by Crippen LogP contribution is 2.15. The second kappa shape index (κ2) is 5.09. The first kappa shape index (κ1) is 12.3. The maximum atomic E-state index is 12.2. The molecule has 0 atom stereocenters. The standard InChI is InChI=1S/C16H13N3O/c1-11-2-5-15(18-9-11)19-16(20)13-3-4-14-10-17-7-6-12(14)8-13/h2-10H,1H3,(H,18,19,20). The summed E-state index contributed by atoms with van der Waals surface area (Å²) in [7, 11) is 0. The van der Waals surface area contributed by atoms with Crippen molar-refractivity contribution in [3.63, 3.8) is 0 Å². The summed E-state index contributed by atoms with van der Waals surface area (Å²) in [4.78, 5) is 20.4. The number of amides is 1. The van der Waals surface area contributed by atoms with Gasteiger partial charge < -0.3 is 5.32 Å². The Bertz CT molecular complexity index is 766. The van der Waals surface area contributed by atoms with Crippen molar-refractivity contribution in [3.05, 3.63) is 66.1 Å². The average Bonchev–Trinajstić information content (AvgIpc) is 2.49. The molecule has 3 aromatic rings. The van der Waals surface area contributed by atoms with E-state index in [0.29, 0.717) is 11.4 Å². The van der Waals surface area contributed by atoms with Gasteiger partial charge in [-0.15, -0.1) is 0 Å². The Kier molecular flexibility index (Phi) is 3.13. The number of pyridine rings is 2. The molecule has 20 heavy (non-hydrogen) atoms. The van der Waals surface area contributed by atoms with Crippen molar-refractivity contribution >= 4 is 22.5 Å². The predicted octanol–water partition coefficient (Wildman–Crippen LogP) is 3.19. The first-order valence-corrected chi connectivity index (χ1v) is 6.30. The van der Waals surface area contributed by atoms with Gasteiger partial charge in [-0.1, -0.05) is 12.1 Å². The molecular formula is C16H13N3O. The van der Waals surface area contributed by atoms with Crippen LogP contribution >= 0.6 is 0 Å². The van der Waals surface area contributed by atoms with Gasteiger partial charge in [0.25, 0.3) is 5.91 Å². The minimum atomic E-state index is -0.167. The maximum absolute atomic E-state index is 12.2. The van der Waals surface area contributed by atoms with Gasteiger partial charge in [-0.05, 0) is 42.1 Å². The highest BCUT2D eigenvalue weighted by Gasteiger charge is 2.07. The van der Waals surface area contributed by atoms with Crippen LogP contribution in [-0.4, -0.2) is 15.9 Å². The first-order chi connectivity index (χ1) is 9.72. The van der Waals surface area contributed by atoms with Crippen LogP contribution in [0.2, 0.25) is 0 Å². The van der Waals surface area contributed by atoms with Gasteiger partial charge in [0.15, 0.2) is 0 Å². The van der Waals surface area contributed by atoms with E-state index in [1.165, 1.54) is 0 Å².